The van der Waals surface area contributed by atoms with Crippen LogP contribution in [0.3, 0.4) is 0 Å². The van der Waals surface area contributed by atoms with Gasteiger partial charge in [-0.25, -0.2) is 0 Å². The van der Waals surface area contributed by atoms with Crippen molar-refractivity contribution in [1.82, 2.24) is 0 Å². The van der Waals surface area contributed by atoms with Gasteiger partial charge >= 0.3 is 0 Å². The van der Waals surface area contributed by atoms with Crippen molar-refractivity contribution in [2.24, 2.45) is 0 Å². The van der Waals surface area contributed by atoms with E-state index >= 15 is 0 Å². The van der Waals surface area contributed by atoms with Crippen molar-refractivity contribution in [3.8, 4) is 0 Å². The van der Waals surface area contributed by atoms with Gasteiger partial charge < -0.3 is 19.1 Å². The number of anilines is 9. The standard InChI is InChI=1S/C76H78BN3O/c1-71(2,3)47-28-35-51(36-29-47)78(52-37-30-48(31-38-52)72(4,5)6)54-43-65-70-66(44-54)80(63-25-21-27-68-69(63)55-22-17-20-26-67(55)81-68)64-46-59-58(75(13,14)56-23-18-19-24-57(56)76(59,15)16)45-61(64)77(70)60-42-50(74(10,11)12)34-41-62(60)79(65)53-39-32-49(33-40-53)73(7,8)9/h17-46H,1-16H3. The Kier molecular flexibility index (Phi) is 11.6. The summed E-state index contributed by atoms with van der Waals surface area (Å²) in [4.78, 5) is 7.74. The van der Waals surface area contributed by atoms with Crippen LogP contribution >= 0.6 is 0 Å². The number of fused-ring (bicyclic) bond motifs is 9. The summed E-state index contributed by atoms with van der Waals surface area (Å²) in [6.07, 6.45) is 0. The van der Waals surface area contributed by atoms with E-state index in [-0.39, 0.29) is 39.2 Å². The van der Waals surface area contributed by atoms with E-state index in [1.807, 2.05) is 0 Å². The highest BCUT2D eigenvalue weighted by molar-refractivity contribution is 7.00. The summed E-state index contributed by atoms with van der Waals surface area (Å²) >= 11 is 0. The maximum absolute atomic E-state index is 6.83. The fraction of sp³-hybridized carbons (Fsp3) is 0.289. The Labute approximate surface area is 482 Å². The smallest absolute Gasteiger partial charge is 0.252 e. The van der Waals surface area contributed by atoms with Gasteiger partial charge in [0.05, 0.1) is 16.8 Å². The van der Waals surface area contributed by atoms with Gasteiger partial charge in [-0.15, -0.1) is 0 Å². The lowest BCUT2D eigenvalue weighted by Crippen LogP contribution is -2.62. The molecule has 0 spiro atoms. The fourth-order valence-electron chi connectivity index (χ4n) is 13.8. The molecule has 0 unspecified atom stereocenters. The van der Waals surface area contributed by atoms with Crippen molar-refractivity contribution < 1.29 is 4.42 Å². The summed E-state index contributed by atoms with van der Waals surface area (Å²) in [5.41, 5.74) is 25.9. The normalized spacial score (nSPS) is 15.3. The molecule has 5 heteroatoms. The summed E-state index contributed by atoms with van der Waals surface area (Å²) in [5.74, 6) is 0. The van der Waals surface area contributed by atoms with E-state index in [1.165, 1.54) is 72.3 Å². The third-order valence-corrected chi connectivity index (χ3v) is 18.5. The van der Waals surface area contributed by atoms with Crippen LogP contribution in [-0.2, 0) is 32.5 Å². The average molecular weight is 1060 g/mol. The minimum Gasteiger partial charge on any atom is -0.456 e. The maximum atomic E-state index is 6.83. The first kappa shape index (κ1) is 52.6. The van der Waals surface area contributed by atoms with Crippen LogP contribution in [-0.4, -0.2) is 6.71 Å². The van der Waals surface area contributed by atoms with Crippen molar-refractivity contribution in [3.05, 3.63) is 226 Å². The van der Waals surface area contributed by atoms with Crippen molar-refractivity contribution in [3.63, 3.8) is 0 Å². The number of para-hydroxylation sites is 1. The molecular weight excluding hydrogens is 982 g/mol. The van der Waals surface area contributed by atoms with E-state index in [1.54, 1.807) is 0 Å². The lowest BCUT2D eigenvalue weighted by Gasteiger charge is -2.48. The molecule has 0 saturated heterocycles. The van der Waals surface area contributed by atoms with Crippen molar-refractivity contribution >= 4 is 96.2 Å². The Hall–Kier alpha value is -7.76. The molecule has 0 N–H and O–H groups in total. The summed E-state index contributed by atoms with van der Waals surface area (Å²) < 4.78 is 6.83. The number of hydrogen-bond acceptors (Lipinski definition) is 4. The van der Waals surface area contributed by atoms with Crippen LogP contribution in [0, 0.1) is 0 Å². The summed E-state index contributed by atoms with van der Waals surface area (Å²) in [7, 11) is 0. The minimum absolute atomic E-state index is 0.0107. The first-order chi connectivity index (χ1) is 38.2. The molecule has 406 valence electrons. The highest BCUT2D eigenvalue weighted by atomic mass is 16.3. The van der Waals surface area contributed by atoms with Gasteiger partial charge in [0.1, 0.15) is 11.2 Å². The zero-order valence-corrected chi connectivity index (χ0v) is 50.6. The SMILES string of the molecule is CC(C)(C)c1ccc(N(c2ccc(C(C)(C)C)cc2)c2cc3c4c(c2)N(c2cccc5oc6ccccc6c25)c2cc5c(cc2B4c2cc(C(C)(C)C)ccc2N3c2ccc(C(C)(C)C)cc2)C(C)(C)c2ccccc2C5(C)C)cc1. The second kappa shape index (κ2) is 17.9. The highest BCUT2D eigenvalue weighted by Crippen LogP contribution is 2.55. The molecule has 0 atom stereocenters. The fourth-order valence-corrected chi connectivity index (χ4v) is 13.8. The van der Waals surface area contributed by atoms with Crippen LogP contribution in [0.2, 0.25) is 0 Å². The topological polar surface area (TPSA) is 22.9 Å². The van der Waals surface area contributed by atoms with E-state index < -0.39 is 0 Å². The predicted molar refractivity (Wildman–Crippen MR) is 348 cm³/mol. The number of rotatable bonds is 5. The molecule has 10 aromatic rings. The molecule has 13 rings (SSSR count). The van der Waals surface area contributed by atoms with Crippen LogP contribution in [0.4, 0.5) is 51.2 Å². The van der Waals surface area contributed by atoms with Crippen molar-refractivity contribution in [2.45, 2.75) is 143 Å². The summed E-state index contributed by atoms with van der Waals surface area (Å²) in [5, 5.41) is 2.21. The van der Waals surface area contributed by atoms with Gasteiger partial charge in [-0.2, -0.15) is 0 Å². The van der Waals surface area contributed by atoms with Crippen LogP contribution < -0.4 is 31.1 Å². The van der Waals surface area contributed by atoms with E-state index in [0.29, 0.717) is 0 Å². The molecule has 9 aromatic carbocycles. The third kappa shape index (κ3) is 8.30. The Balaban J connectivity index is 1.20. The first-order valence-electron chi connectivity index (χ1n) is 29.4. The molecule has 4 nitrogen and oxygen atoms in total. The molecule has 3 heterocycles. The molecule has 0 fully saturated rings. The van der Waals surface area contributed by atoms with E-state index in [9.17, 15) is 0 Å². The number of hydrogen-bond donors (Lipinski definition) is 0. The van der Waals surface area contributed by atoms with Crippen molar-refractivity contribution in [1.29, 1.82) is 0 Å². The van der Waals surface area contributed by atoms with Gasteiger partial charge in [-0.1, -0.05) is 214 Å². The van der Waals surface area contributed by atoms with Crippen LogP contribution in [0.15, 0.2) is 186 Å². The second-order valence-corrected chi connectivity index (χ2v) is 28.8. The zero-order chi connectivity index (χ0) is 57.1. The van der Waals surface area contributed by atoms with Crippen LogP contribution in [0.5, 0.6) is 0 Å². The second-order valence-electron chi connectivity index (χ2n) is 28.8. The Morgan fingerprint density at radius 3 is 1.40 bits per heavy atom. The number of furan rings is 1. The predicted octanol–water partition coefficient (Wildman–Crippen LogP) is 19.3. The monoisotopic (exact) mass is 1060 g/mol. The first-order valence-corrected chi connectivity index (χ1v) is 29.4. The van der Waals surface area contributed by atoms with Gasteiger partial charge in [-0.3, -0.25) is 0 Å². The molecule has 0 amide bonds. The number of nitrogens with zero attached hydrogens (tertiary/aromatic N) is 3. The zero-order valence-electron chi connectivity index (χ0n) is 50.6. The maximum Gasteiger partial charge on any atom is 0.252 e. The highest BCUT2D eigenvalue weighted by Gasteiger charge is 2.49. The van der Waals surface area contributed by atoms with Crippen LogP contribution in [0.1, 0.15) is 155 Å². The molecule has 0 radical (unpaired) electrons. The van der Waals surface area contributed by atoms with E-state index in [0.717, 1.165) is 61.8 Å². The number of benzene rings is 9. The average Bonchev–Trinajstić information content (AvgIpc) is 3.15. The minimum atomic E-state index is -0.293. The molecule has 3 aliphatic rings. The summed E-state index contributed by atoms with van der Waals surface area (Å²) in [6, 6.07) is 70.2. The molecule has 0 saturated carbocycles. The Morgan fingerprint density at radius 1 is 0.370 bits per heavy atom. The van der Waals surface area contributed by atoms with Gasteiger partial charge in [0.25, 0.3) is 6.71 Å². The van der Waals surface area contributed by atoms with Gasteiger partial charge in [0.15, 0.2) is 0 Å². The van der Waals surface area contributed by atoms with Gasteiger partial charge in [0.2, 0.25) is 0 Å². The lowest BCUT2D eigenvalue weighted by atomic mass is 9.33. The third-order valence-electron chi connectivity index (χ3n) is 18.5. The van der Waals surface area contributed by atoms with E-state index in [4.69, 9.17) is 4.42 Å². The largest absolute Gasteiger partial charge is 0.456 e. The van der Waals surface area contributed by atoms with Gasteiger partial charge in [-0.05, 0) is 161 Å². The van der Waals surface area contributed by atoms with E-state index in [2.05, 4.69) is 307 Å². The molecule has 1 aliphatic carbocycles. The molecule has 0 bridgehead atoms. The quantitative estimate of drug-likeness (QED) is 0.160. The molecular formula is C76H78BN3O. The van der Waals surface area contributed by atoms with Gasteiger partial charge in [0, 0.05) is 56.0 Å². The lowest BCUT2D eigenvalue weighted by molar-refractivity contribution is 0.521. The van der Waals surface area contributed by atoms with Crippen molar-refractivity contribution in [2.75, 3.05) is 14.7 Å². The van der Waals surface area contributed by atoms with Crippen LogP contribution in [0.25, 0.3) is 21.9 Å². The summed E-state index contributed by atoms with van der Waals surface area (Å²) in [6.45, 7) is 37.4. The molecule has 2 aliphatic heterocycles. The molecule has 81 heavy (non-hydrogen) atoms. The molecule has 1 aromatic heterocycles. The Bertz CT molecular complexity index is 4090. The Morgan fingerprint density at radius 2 is 0.840 bits per heavy atom.